The van der Waals surface area contributed by atoms with Gasteiger partial charge in [0.1, 0.15) is 0 Å². The fourth-order valence-electron chi connectivity index (χ4n) is 2.34. The van der Waals surface area contributed by atoms with E-state index in [2.05, 4.69) is 38.1 Å². The molecule has 0 unspecified atom stereocenters. The summed E-state index contributed by atoms with van der Waals surface area (Å²) in [5.74, 6) is 1.29. The molecule has 3 rings (SSSR count). The first kappa shape index (κ1) is 13.6. The van der Waals surface area contributed by atoms with E-state index >= 15 is 0 Å². The molecule has 0 N–H and O–H groups in total. The zero-order chi connectivity index (χ0) is 14.3. The highest BCUT2D eigenvalue weighted by Crippen LogP contribution is 2.28. The number of aromatic nitrogens is 3. The minimum atomic E-state index is 0.453. The van der Waals surface area contributed by atoms with Gasteiger partial charge in [-0.15, -0.1) is 11.6 Å². The Morgan fingerprint density at radius 2 is 1.90 bits per heavy atom. The summed E-state index contributed by atoms with van der Waals surface area (Å²) in [6, 6.07) is 8.14. The molecular weight excluding hydrogens is 338 g/mol. The van der Waals surface area contributed by atoms with Gasteiger partial charge in [0.05, 0.1) is 15.9 Å². The molecule has 20 heavy (non-hydrogen) atoms. The summed E-state index contributed by atoms with van der Waals surface area (Å²) in [5.41, 5.74) is 3.03. The van der Waals surface area contributed by atoms with E-state index in [0.717, 1.165) is 38.0 Å². The van der Waals surface area contributed by atoms with Gasteiger partial charge in [-0.1, -0.05) is 24.3 Å². The molecule has 0 aliphatic rings. The molecule has 102 valence electrons. The maximum absolute atomic E-state index is 5.99. The van der Waals surface area contributed by atoms with Gasteiger partial charge < -0.3 is 0 Å². The van der Waals surface area contributed by atoms with Crippen molar-refractivity contribution in [3.8, 4) is 5.82 Å². The minimum absolute atomic E-state index is 0.453. The number of rotatable bonds is 2. The van der Waals surface area contributed by atoms with Crippen molar-refractivity contribution in [1.29, 1.82) is 0 Å². The van der Waals surface area contributed by atoms with Crippen LogP contribution in [0, 0.1) is 13.8 Å². The molecule has 0 saturated heterocycles. The molecule has 2 heterocycles. The van der Waals surface area contributed by atoms with E-state index in [1.165, 1.54) is 0 Å². The van der Waals surface area contributed by atoms with Crippen molar-refractivity contribution >= 4 is 38.3 Å². The summed E-state index contributed by atoms with van der Waals surface area (Å²) < 4.78 is 2.89. The number of pyridine rings is 1. The van der Waals surface area contributed by atoms with Gasteiger partial charge in [-0.2, -0.15) is 5.10 Å². The van der Waals surface area contributed by atoms with Gasteiger partial charge in [0, 0.05) is 17.5 Å². The topological polar surface area (TPSA) is 30.7 Å². The summed E-state index contributed by atoms with van der Waals surface area (Å²) in [4.78, 5) is 4.56. The Kier molecular flexibility index (Phi) is 3.52. The second-order valence-corrected chi connectivity index (χ2v) is 5.74. The van der Waals surface area contributed by atoms with E-state index in [4.69, 9.17) is 11.6 Å². The van der Waals surface area contributed by atoms with Crippen molar-refractivity contribution in [3.63, 3.8) is 0 Å². The van der Waals surface area contributed by atoms with Gasteiger partial charge >= 0.3 is 0 Å². The van der Waals surface area contributed by atoms with E-state index in [1.807, 2.05) is 36.9 Å². The molecular formula is C15H13BrClN3. The van der Waals surface area contributed by atoms with Crippen LogP contribution < -0.4 is 0 Å². The van der Waals surface area contributed by atoms with Crippen molar-refractivity contribution in [3.05, 3.63) is 51.9 Å². The Morgan fingerprint density at radius 1 is 1.20 bits per heavy atom. The summed E-state index contributed by atoms with van der Waals surface area (Å²) in [7, 11) is 0. The standard InChI is InChI=1S/C15H13BrClN3/c1-9-14(16)10(2)20(19-9)15-13-6-4-3-5-12(13)11(7-17)8-18-15/h3-6,8H,7H2,1-2H3. The number of nitrogens with zero attached hydrogens (tertiary/aromatic N) is 3. The van der Waals surface area contributed by atoms with E-state index in [0.29, 0.717) is 5.88 Å². The van der Waals surface area contributed by atoms with Crippen molar-refractivity contribution in [2.45, 2.75) is 19.7 Å². The Bertz CT molecular complexity index is 795. The fourth-order valence-corrected chi connectivity index (χ4v) is 2.80. The third-order valence-electron chi connectivity index (χ3n) is 3.40. The van der Waals surface area contributed by atoms with Crippen LogP contribution in [0.25, 0.3) is 16.6 Å². The number of aryl methyl sites for hydroxylation is 1. The van der Waals surface area contributed by atoms with E-state index < -0.39 is 0 Å². The van der Waals surface area contributed by atoms with Crippen LogP contribution in [0.2, 0.25) is 0 Å². The van der Waals surface area contributed by atoms with Crippen LogP contribution >= 0.6 is 27.5 Å². The Labute approximate surface area is 130 Å². The summed E-state index contributed by atoms with van der Waals surface area (Å²) >= 11 is 9.55. The van der Waals surface area contributed by atoms with E-state index in [-0.39, 0.29) is 0 Å². The van der Waals surface area contributed by atoms with Crippen molar-refractivity contribution < 1.29 is 0 Å². The predicted molar refractivity (Wildman–Crippen MR) is 85.6 cm³/mol. The number of fused-ring (bicyclic) bond motifs is 1. The molecule has 3 nitrogen and oxygen atoms in total. The first-order chi connectivity index (χ1) is 9.63. The first-order valence-corrected chi connectivity index (χ1v) is 7.61. The summed E-state index contributed by atoms with van der Waals surface area (Å²) in [5, 5.41) is 6.74. The van der Waals surface area contributed by atoms with Gasteiger partial charge in [0.25, 0.3) is 0 Å². The van der Waals surface area contributed by atoms with Gasteiger partial charge in [0.15, 0.2) is 5.82 Å². The molecule has 0 aliphatic heterocycles. The lowest BCUT2D eigenvalue weighted by atomic mass is 10.1. The van der Waals surface area contributed by atoms with Crippen LogP contribution in [0.4, 0.5) is 0 Å². The Hall–Kier alpha value is -1.39. The van der Waals surface area contributed by atoms with Crippen molar-refractivity contribution in [2.24, 2.45) is 0 Å². The molecule has 0 radical (unpaired) electrons. The molecule has 0 saturated carbocycles. The summed E-state index contributed by atoms with van der Waals surface area (Å²) in [6.45, 7) is 4.00. The molecule has 1 aromatic carbocycles. The second kappa shape index (κ2) is 5.19. The molecule has 2 aromatic heterocycles. The molecule has 0 amide bonds. The van der Waals surface area contributed by atoms with Gasteiger partial charge in [-0.05, 0) is 40.7 Å². The maximum atomic E-state index is 5.99. The highest BCUT2D eigenvalue weighted by Gasteiger charge is 2.14. The zero-order valence-electron chi connectivity index (χ0n) is 11.2. The van der Waals surface area contributed by atoms with Crippen LogP contribution in [0.5, 0.6) is 0 Å². The fraction of sp³-hybridized carbons (Fsp3) is 0.200. The average Bonchev–Trinajstić information content (AvgIpc) is 2.73. The lowest BCUT2D eigenvalue weighted by molar-refractivity contribution is 0.812. The van der Waals surface area contributed by atoms with Crippen molar-refractivity contribution in [1.82, 2.24) is 14.8 Å². The Morgan fingerprint density at radius 3 is 2.50 bits per heavy atom. The van der Waals surface area contributed by atoms with Crippen LogP contribution in [0.3, 0.4) is 0 Å². The Balaban J connectivity index is 2.35. The first-order valence-electron chi connectivity index (χ1n) is 6.28. The van der Waals surface area contributed by atoms with E-state index in [9.17, 15) is 0 Å². The monoisotopic (exact) mass is 349 g/mol. The number of hydrogen-bond acceptors (Lipinski definition) is 2. The molecule has 0 fully saturated rings. The lowest BCUT2D eigenvalue weighted by Gasteiger charge is -2.10. The lowest BCUT2D eigenvalue weighted by Crippen LogP contribution is -2.04. The predicted octanol–water partition coefficient (Wildman–Crippen LogP) is 4.54. The number of alkyl halides is 1. The summed E-state index contributed by atoms with van der Waals surface area (Å²) in [6.07, 6.45) is 1.83. The van der Waals surface area contributed by atoms with Crippen LogP contribution in [-0.2, 0) is 5.88 Å². The molecule has 0 spiro atoms. The molecule has 3 aromatic rings. The highest BCUT2D eigenvalue weighted by molar-refractivity contribution is 9.10. The van der Waals surface area contributed by atoms with Gasteiger partial charge in [-0.25, -0.2) is 9.67 Å². The van der Waals surface area contributed by atoms with Gasteiger partial charge in [-0.3, -0.25) is 0 Å². The van der Waals surface area contributed by atoms with Crippen LogP contribution in [0.15, 0.2) is 34.9 Å². The van der Waals surface area contributed by atoms with Crippen LogP contribution in [-0.4, -0.2) is 14.8 Å². The number of halogens is 2. The minimum Gasteiger partial charge on any atom is -0.236 e. The second-order valence-electron chi connectivity index (χ2n) is 4.68. The number of benzene rings is 1. The molecule has 0 aliphatic carbocycles. The highest BCUT2D eigenvalue weighted by atomic mass is 79.9. The SMILES string of the molecule is Cc1nn(-c2ncc(CCl)c3ccccc23)c(C)c1Br. The van der Waals surface area contributed by atoms with Crippen LogP contribution in [0.1, 0.15) is 17.0 Å². The quantitative estimate of drug-likeness (QED) is 0.635. The molecule has 5 heteroatoms. The third-order valence-corrected chi connectivity index (χ3v) is 4.84. The van der Waals surface area contributed by atoms with Gasteiger partial charge in [0.2, 0.25) is 0 Å². The van der Waals surface area contributed by atoms with Crippen molar-refractivity contribution in [2.75, 3.05) is 0 Å². The maximum Gasteiger partial charge on any atom is 0.161 e. The van der Waals surface area contributed by atoms with E-state index in [1.54, 1.807) is 0 Å². The molecule has 0 bridgehead atoms. The molecule has 0 atom stereocenters. The average molecular weight is 351 g/mol. The third kappa shape index (κ3) is 2.03. The smallest absolute Gasteiger partial charge is 0.161 e. The normalized spacial score (nSPS) is 11.2. The largest absolute Gasteiger partial charge is 0.236 e. The zero-order valence-corrected chi connectivity index (χ0v) is 13.5. The number of hydrogen-bond donors (Lipinski definition) is 0.